The predicted octanol–water partition coefficient (Wildman–Crippen LogP) is 38.1. The number of rotatable bonds is 40. The number of para-hydroxylation sites is 5. The van der Waals surface area contributed by atoms with Crippen molar-refractivity contribution in [2.24, 2.45) is 0 Å². The first-order valence-corrected chi connectivity index (χ1v) is 52.7. The van der Waals surface area contributed by atoms with Crippen LogP contribution < -0.4 is 4.90 Å². The topological polar surface area (TPSA) is 66.6 Å². The van der Waals surface area contributed by atoms with Gasteiger partial charge in [0.1, 0.15) is 0 Å². The summed E-state index contributed by atoms with van der Waals surface area (Å²) in [7, 11) is 0. The zero-order chi connectivity index (χ0) is 97.3. The van der Waals surface area contributed by atoms with E-state index in [2.05, 4.69) is 418 Å². The number of hydrogen-bond donors (Lipinski definition) is 0. The second kappa shape index (κ2) is 47.8. The number of nitrogens with zero attached hydrogens (tertiary/aromatic N) is 9. The van der Waals surface area contributed by atoms with Crippen molar-refractivity contribution in [3.63, 3.8) is 0 Å². The monoisotopic (exact) mass is 1860 g/mol. The molecule has 0 unspecified atom stereocenters. The summed E-state index contributed by atoms with van der Waals surface area (Å²) in [5.74, 6) is 0.700. The molecule has 0 radical (unpaired) electrons. The molecule has 9 nitrogen and oxygen atoms in total. The van der Waals surface area contributed by atoms with Gasteiger partial charge < -0.3 is 23.2 Å². The Morgan fingerprint density at radius 2 is 0.486 bits per heavy atom. The van der Waals surface area contributed by atoms with Gasteiger partial charge >= 0.3 is 0 Å². The molecule has 7 heterocycles. The predicted molar refractivity (Wildman–Crippen MR) is 614 cm³/mol. The average molecular weight is 1860 g/mol. The van der Waals surface area contributed by atoms with Crippen LogP contribution in [0, 0.1) is 0 Å². The third-order valence-corrected chi connectivity index (χ3v) is 28.7. The number of anilines is 3. The molecule has 14 aromatic carbocycles. The van der Waals surface area contributed by atoms with Gasteiger partial charge in [0.15, 0.2) is 0 Å². The van der Waals surface area contributed by atoms with Crippen LogP contribution in [0.3, 0.4) is 0 Å². The van der Waals surface area contributed by atoms with Gasteiger partial charge in [0.25, 0.3) is 0 Å². The molecule has 0 atom stereocenters. The number of aromatic nitrogens is 8. The molecule has 0 aliphatic heterocycles. The van der Waals surface area contributed by atoms with Crippen molar-refractivity contribution in [2.45, 2.75) is 207 Å². The third kappa shape index (κ3) is 22.1. The molecule has 0 spiro atoms. The van der Waals surface area contributed by atoms with E-state index in [4.69, 9.17) is 0 Å². The lowest BCUT2D eigenvalue weighted by atomic mass is 10.0. The highest BCUT2D eigenvalue weighted by Gasteiger charge is 2.22. The molecular formula is C133H137N9. The molecule has 0 aliphatic carbocycles. The zero-order valence-electron chi connectivity index (χ0n) is 83.9. The number of fused-ring (bicyclic) bond motifs is 15. The van der Waals surface area contributed by atoms with E-state index in [1.54, 1.807) is 6.08 Å². The highest BCUT2D eigenvalue weighted by Crippen LogP contribution is 2.43. The molecule has 142 heavy (non-hydrogen) atoms. The normalized spacial score (nSPS) is 11.4. The average Bonchev–Trinajstić information content (AvgIpc) is 1.56. The second-order valence-electron chi connectivity index (χ2n) is 38.4. The third-order valence-electron chi connectivity index (χ3n) is 28.7. The highest BCUT2D eigenvalue weighted by molar-refractivity contribution is 6.14. The van der Waals surface area contributed by atoms with E-state index >= 15 is 0 Å². The molecule has 7 aromatic heterocycles. The number of aryl methyl sites for hydroxylation is 4. The summed E-state index contributed by atoms with van der Waals surface area (Å²) in [5, 5.41) is 12.9. The number of pyridine rings is 1. The van der Waals surface area contributed by atoms with E-state index in [1.165, 1.54) is 291 Å². The van der Waals surface area contributed by atoms with Crippen molar-refractivity contribution in [1.29, 1.82) is 0 Å². The van der Waals surface area contributed by atoms with Crippen molar-refractivity contribution in [3.8, 4) is 28.7 Å². The Bertz CT molecular complexity index is 7650. The van der Waals surface area contributed by atoms with Crippen molar-refractivity contribution < 1.29 is 0 Å². The van der Waals surface area contributed by atoms with E-state index in [-0.39, 0.29) is 0 Å². The molecule has 714 valence electrons. The van der Waals surface area contributed by atoms with Gasteiger partial charge in [-0.3, -0.25) is 9.55 Å². The minimum Gasteiger partial charge on any atom is -0.311 e. The largest absolute Gasteiger partial charge is 0.311 e. The maximum Gasteiger partial charge on any atom is 0.234 e. The summed E-state index contributed by atoms with van der Waals surface area (Å²) in [4.78, 5) is 15.9. The molecule has 0 aliphatic rings. The molecule has 0 saturated carbocycles. The summed E-state index contributed by atoms with van der Waals surface area (Å²) >= 11 is 0. The summed E-state index contributed by atoms with van der Waals surface area (Å²) < 4.78 is 11.7. The lowest BCUT2D eigenvalue weighted by molar-refractivity contribution is 0.607. The van der Waals surface area contributed by atoms with E-state index in [9.17, 15) is 0 Å². The Morgan fingerprint density at radius 1 is 0.218 bits per heavy atom. The number of hydrogen-bond acceptors (Lipinski definition) is 4. The Kier molecular flexibility index (Phi) is 32.8. The van der Waals surface area contributed by atoms with Gasteiger partial charge in [-0.15, -0.1) is 0 Å². The Balaban J connectivity index is 0.000000127. The van der Waals surface area contributed by atoms with Gasteiger partial charge in [-0.1, -0.05) is 358 Å². The number of benzene rings is 14. The Hall–Kier alpha value is -14.9. The molecule has 0 N–H and O–H groups in total. The summed E-state index contributed by atoms with van der Waals surface area (Å²) in [5.41, 5.74) is 30.3. The highest BCUT2D eigenvalue weighted by atomic mass is 15.2. The molecule has 9 heteroatoms. The van der Waals surface area contributed by atoms with E-state index < -0.39 is 0 Å². The number of unbranched alkanes of at least 4 members (excludes halogenated alkanes) is 20. The molecule has 0 saturated heterocycles. The van der Waals surface area contributed by atoms with E-state index in [1.807, 2.05) is 43.0 Å². The van der Waals surface area contributed by atoms with Crippen LogP contribution in [0.15, 0.2) is 373 Å². The van der Waals surface area contributed by atoms with E-state index in [0.29, 0.717) is 5.95 Å². The van der Waals surface area contributed by atoms with Gasteiger partial charge in [-0.2, -0.15) is 0 Å². The summed E-state index contributed by atoms with van der Waals surface area (Å²) in [6.07, 6.45) is 51.5. The standard InChI is InChI=1S/C40H38N2.C40H40N2.C27H30N2.C26H29N3/c1-3-5-6-7-8-9-14-30-21-25-39-35(27-30)33-15-10-13-18-38(33)42(39)32-24-26-40-36(28-32)34-16-11-12-17-37(34)41(40)31-22-19-29(4-2)20-23-31;1-3-5-6-7-8-10-15-32-22-29-40-38(30-32)37-18-13-14-19-39(37)42(40)36-27-25-35(26-28-36)41(33-16-11-9-12-17-33)34-23-20-31(4-2)21-24-34;1-3-5-6-7-8-9-10-22-13-16-26-24(19-22)25-20-28-18-17-27(25)29(26)23-14-11-21(4-2)12-15-23;1-3-5-6-7-8-9-12-21-15-16-25-23(17-21)22-13-10-11-14-24(22)29(25)26-27-18-20(4-2)19-28-26/h4,10-13,15-28H,2-3,5-9,14H2,1H3;4,9,11-14,16-30H,2-3,5-8,10,15H2,1H3;4,11-20H,2-3,5-10H2,1H3;4,10-11,13-19H,2-3,5-9,12H2,1H3. The van der Waals surface area contributed by atoms with Crippen LogP contribution in [-0.4, -0.2) is 37.8 Å². The van der Waals surface area contributed by atoms with E-state index in [0.717, 1.165) is 81.7 Å². The van der Waals surface area contributed by atoms with Crippen LogP contribution in [0.4, 0.5) is 17.1 Å². The molecule has 21 rings (SSSR count). The lowest BCUT2D eigenvalue weighted by Crippen LogP contribution is -2.10. The molecule has 0 fully saturated rings. The van der Waals surface area contributed by atoms with Crippen LogP contribution in [0.2, 0.25) is 0 Å². The lowest BCUT2D eigenvalue weighted by Gasteiger charge is -2.26. The molecule has 0 bridgehead atoms. The van der Waals surface area contributed by atoms with Gasteiger partial charge in [-0.05, 0) is 260 Å². The zero-order valence-corrected chi connectivity index (χ0v) is 83.9. The summed E-state index contributed by atoms with van der Waals surface area (Å²) in [6.45, 7) is 24.6. The van der Waals surface area contributed by atoms with Gasteiger partial charge in [0.2, 0.25) is 5.95 Å². The first-order valence-electron chi connectivity index (χ1n) is 52.7. The SMILES string of the molecule is C=Cc1ccc(-n2c3ccccc3c3cc(-n4c5ccccc5c5cc(CCCCCCCC)ccc54)ccc32)cc1.C=Cc1ccc(-n2c3ccncc3c3cc(CCCCCCCC)ccc32)cc1.C=Cc1ccc(N(c2ccccc2)c2ccc(-n3c4ccccc4c4cc(CCCCCCCC)ccc43)cc2)cc1.C=Cc1cnc(-n2c3ccccc3c3cc(CCCCCCCC)ccc32)nc1. The van der Waals surface area contributed by atoms with Gasteiger partial charge in [0.05, 0.1) is 55.2 Å². The van der Waals surface area contributed by atoms with Crippen LogP contribution in [0.1, 0.15) is 226 Å². The minimum atomic E-state index is 0.700. The first kappa shape index (κ1) is 97.3. The Morgan fingerprint density at radius 3 is 0.859 bits per heavy atom. The smallest absolute Gasteiger partial charge is 0.234 e. The first-order chi connectivity index (χ1) is 70.2. The van der Waals surface area contributed by atoms with Crippen molar-refractivity contribution in [3.05, 3.63) is 417 Å². The minimum absolute atomic E-state index is 0.700. The fourth-order valence-corrected chi connectivity index (χ4v) is 21.1. The fourth-order valence-electron chi connectivity index (χ4n) is 21.1. The van der Waals surface area contributed by atoms with Crippen molar-refractivity contribution in [1.82, 2.24) is 37.8 Å². The molecule has 0 amide bonds. The molecule has 21 aromatic rings. The Labute approximate surface area is 840 Å². The van der Waals surface area contributed by atoms with Gasteiger partial charge in [0, 0.05) is 124 Å². The quantitative estimate of drug-likeness (QED) is 0.0359. The molecular weight excluding hydrogens is 1720 g/mol. The van der Waals surface area contributed by atoms with Gasteiger partial charge in [-0.25, -0.2) is 9.97 Å². The second-order valence-corrected chi connectivity index (χ2v) is 38.4. The maximum atomic E-state index is 4.58. The van der Waals surface area contributed by atoms with Crippen molar-refractivity contribution in [2.75, 3.05) is 4.90 Å². The van der Waals surface area contributed by atoms with Crippen LogP contribution in [-0.2, 0) is 25.7 Å². The maximum absolute atomic E-state index is 4.58. The van der Waals surface area contributed by atoms with Crippen LogP contribution in [0.5, 0.6) is 0 Å². The van der Waals surface area contributed by atoms with Crippen molar-refractivity contribution >= 4 is 150 Å². The van der Waals surface area contributed by atoms with Crippen LogP contribution >= 0.6 is 0 Å². The summed E-state index contributed by atoms with van der Waals surface area (Å²) in [6, 6.07) is 117. The van der Waals surface area contributed by atoms with Crippen LogP contribution in [0.25, 0.3) is 162 Å². The fraction of sp³-hybridized carbons (Fsp3) is 0.241.